The minimum atomic E-state index is 0.301. The third-order valence-electron chi connectivity index (χ3n) is 4.43. The Morgan fingerprint density at radius 2 is 2.26 bits per heavy atom. The maximum atomic E-state index is 6.47. The van der Waals surface area contributed by atoms with E-state index in [1.165, 1.54) is 28.6 Å². The van der Waals surface area contributed by atoms with Gasteiger partial charge in [0, 0.05) is 19.1 Å². The van der Waals surface area contributed by atoms with E-state index < -0.39 is 0 Å². The zero-order valence-corrected chi connectivity index (χ0v) is 14.6. The molecular formula is C15H25BrN2S. The molecule has 1 aliphatic rings. The SMILES string of the molecule is CN(Cc1csc(Br)c1)CC1CCCC(C)(C)C1N. The number of rotatable bonds is 4. The van der Waals surface area contributed by atoms with Crippen molar-refractivity contribution in [1.29, 1.82) is 0 Å². The van der Waals surface area contributed by atoms with Crippen molar-refractivity contribution in [3.63, 3.8) is 0 Å². The molecule has 0 saturated heterocycles. The Morgan fingerprint density at radius 3 is 2.89 bits per heavy atom. The molecule has 2 unspecified atom stereocenters. The first kappa shape index (κ1) is 15.5. The molecule has 0 bridgehead atoms. The van der Waals surface area contributed by atoms with Crippen LogP contribution in [0, 0.1) is 11.3 Å². The van der Waals surface area contributed by atoms with Crippen molar-refractivity contribution in [3.05, 3.63) is 20.8 Å². The van der Waals surface area contributed by atoms with Gasteiger partial charge in [0.15, 0.2) is 0 Å². The summed E-state index contributed by atoms with van der Waals surface area (Å²) in [4.78, 5) is 2.42. The van der Waals surface area contributed by atoms with Gasteiger partial charge in [-0.15, -0.1) is 11.3 Å². The van der Waals surface area contributed by atoms with E-state index in [1.807, 2.05) is 0 Å². The highest BCUT2D eigenvalue weighted by molar-refractivity contribution is 9.11. The predicted molar refractivity (Wildman–Crippen MR) is 87.5 cm³/mol. The van der Waals surface area contributed by atoms with Gasteiger partial charge in [-0.1, -0.05) is 20.3 Å². The van der Waals surface area contributed by atoms with Crippen molar-refractivity contribution in [3.8, 4) is 0 Å². The monoisotopic (exact) mass is 344 g/mol. The average Bonchev–Trinajstić information content (AvgIpc) is 2.70. The number of halogens is 1. The Hall–Kier alpha value is 0.1000. The third kappa shape index (κ3) is 4.03. The van der Waals surface area contributed by atoms with E-state index in [2.05, 4.69) is 53.2 Å². The Kier molecular flexibility index (Phi) is 5.09. The minimum Gasteiger partial charge on any atom is -0.327 e. The van der Waals surface area contributed by atoms with Crippen LogP contribution in [0.25, 0.3) is 0 Å². The Labute approximate surface area is 129 Å². The van der Waals surface area contributed by atoms with Gasteiger partial charge >= 0.3 is 0 Å². The molecule has 1 heterocycles. The number of nitrogens with two attached hydrogens (primary N) is 1. The summed E-state index contributed by atoms with van der Waals surface area (Å²) in [6.45, 7) is 6.77. The van der Waals surface area contributed by atoms with Gasteiger partial charge in [0.2, 0.25) is 0 Å². The fourth-order valence-electron chi connectivity index (χ4n) is 3.21. The van der Waals surface area contributed by atoms with E-state index in [4.69, 9.17) is 5.73 Å². The molecule has 0 aromatic carbocycles. The molecule has 0 amide bonds. The molecular weight excluding hydrogens is 320 g/mol. The van der Waals surface area contributed by atoms with Crippen molar-refractivity contribution >= 4 is 27.3 Å². The predicted octanol–water partition coefficient (Wildman–Crippen LogP) is 4.10. The van der Waals surface area contributed by atoms with E-state index >= 15 is 0 Å². The van der Waals surface area contributed by atoms with Gasteiger partial charge in [0.25, 0.3) is 0 Å². The molecule has 2 rings (SSSR count). The van der Waals surface area contributed by atoms with Crippen LogP contribution < -0.4 is 5.73 Å². The van der Waals surface area contributed by atoms with Crippen LogP contribution in [0.15, 0.2) is 15.2 Å². The fourth-order valence-corrected chi connectivity index (χ4v) is 4.41. The van der Waals surface area contributed by atoms with Crippen LogP contribution in [0.5, 0.6) is 0 Å². The molecule has 2 atom stereocenters. The lowest BCUT2D eigenvalue weighted by atomic mass is 9.68. The van der Waals surface area contributed by atoms with E-state index in [0.29, 0.717) is 17.4 Å². The maximum absolute atomic E-state index is 6.47. The second-order valence-corrected chi connectivity index (χ2v) is 8.91. The average molecular weight is 345 g/mol. The van der Waals surface area contributed by atoms with Crippen LogP contribution >= 0.6 is 27.3 Å². The van der Waals surface area contributed by atoms with Crippen molar-refractivity contribution in [2.75, 3.05) is 13.6 Å². The summed E-state index contributed by atoms with van der Waals surface area (Å²) in [7, 11) is 2.21. The summed E-state index contributed by atoms with van der Waals surface area (Å²) in [6.07, 6.45) is 3.87. The Bertz CT molecular complexity index is 416. The molecule has 0 radical (unpaired) electrons. The van der Waals surface area contributed by atoms with Gasteiger partial charge in [-0.2, -0.15) is 0 Å². The van der Waals surface area contributed by atoms with Crippen LogP contribution in [-0.2, 0) is 6.54 Å². The topological polar surface area (TPSA) is 29.3 Å². The number of nitrogens with zero attached hydrogens (tertiary/aromatic N) is 1. The first-order valence-corrected chi connectivity index (χ1v) is 8.73. The van der Waals surface area contributed by atoms with Gasteiger partial charge < -0.3 is 10.6 Å². The van der Waals surface area contributed by atoms with Crippen molar-refractivity contribution in [2.24, 2.45) is 17.1 Å². The molecule has 19 heavy (non-hydrogen) atoms. The third-order valence-corrected chi connectivity index (χ3v) is 5.98. The molecule has 1 fully saturated rings. The highest BCUT2D eigenvalue weighted by Crippen LogP contribution is 2.38. The fraction of sp³-hybridized carbons (Fsp3) is 0.733. The molecule has 1 aromatic rings. The standard InChI is InChI=1S/C15H25BrN2S/c1-15(2)6-4-5-12(14(15)17)9-18(3)8-11-7-13(16)19-10-11/h7,10,12,14H,4-6,8-9,17H2,1-3H3. The lowest BCUT2D eigenvalue weighted by Gasteiger charge is -2.43. The van der Waals surface area contributed by atoms with Crippen LogP contribution in [0.2, 0.25) is 0 Å². The molecule has 1 saturated carbocycles. The lowest BCUT2D eigenvalue weighted by Crippen LogP contribution is -2.49. The second-order valence-electron chi connectivity index (χ2n) is 6.62. The summed E-state index contributed by atoms with van der Waals surface area (Å²) >= 11 is 5.28. The molecule has 2 N–H and O–H groups in total. The highest BCUT2D eigenvalue weighted by atomic mass is 79.9. The van der Waals surface area contributed by atoms with Gasteiger partial charge in [-0.3, -0.25) is 0 Å². The summed E-state index contributed by atoms with van der Waals surface area (Å²) in [5.41, 5.74) is 8.16. The van der Waals surface area contributed by atoms with Crippen LogP contribution in [0.4, 0.5) is 0 Å². The minimum absolute atomic E-state index is 0.301. The van der Waals surface area contributed by atoms with Gasteiger partial charge in [-0.05, 0) is 64.2 Å². The summed E-state index contributed by atoms with van der Waals surface area (Å²) < 4.78 is 1.21. The first-order chi connectivity index (χ1) is 8.88. The molecule has 1 aromatic heterocycles. The van der Waals surface area contributed by atoms with E-state index in [-0.39, 0.29) is 0 Å². The maximum Gasteiger partial charge on any atom is 0.0701 e. The van der Waals surface area contributed by atoms with Crippen molar-refractivity contribution in [2.45, 2.75) is 45.7 Å². The summed E-state index contributed by atoms with van der Waals surface area (Å²) in [5, 5.41) is 2.23. The van der Waals surface area contributed by atoms with Gasteiger partial charge in [0.1, 0.15) is 0 Å². The summed E-state index contributed by atoms with van der Waals surface area (Å²) in [5.74, 6) is 0.635. The summed E-state index contributed by atoms with van der Waals surface area (Å²) in [6, 6.07) is 2.55. The molecule has 0 aliphatic heterocycles. The molecule has 4 heteroatoms. The molecule has 1 aliphatic carbocycles. The molecule has 2 nitrogen and oxygen atoms in total. The Balaban J connectivity index is 1.89. The van der Waals surface area contributed by atoms with Gasteiger partial charge in [-0.25, -0.2) is 0 Å². The lowest BCUT2D eigenvalue weighted by molar-refractivity contribution is 0.109. The Morgan fingerprint density at radius 1 is 1.53 bits per heavy atom. The zero-order chi connectivity index (χ0) is 14.0. The molecule has 0 spiro atoms. The molecule has 108 valence electrons. The number of thiophene rings is 1. The number of hydrogen-bond donors (Lipinski definition) is 1. The van der Waals surface area contributed by atoms with E-state index in [0.717, 1.165) is 13.1 Å². The zero-order valence-electron chi connectivity index (χ0n) is 12.2. The van der Waals surface area contributed by atoms with Crippen LogP contribution in [-0.4, -0.2) is 24.5 Å². The van der Waals surface area contributed by atoms with Gasteiger partial charge in [0.05, 0.1) is 3.79 Å². The van der Waals surface area contributed by atoms with Crippen LogP contribution in [0.3, 0.4) is 0 Å². The largest absolute Gasteiger partial charge is 0.327 e. The van der Waals surface area contributed by atoms with Crippen molar-refractivity contribution < 1.29 is 0 Å². The van der Waals surface area contributed by atoms with E-state index in [1.54, 1.807) is 11.3 Å². The smallest absolute Gasteiger partial charge is 0.0701 e. The number of hydrogen-bond acceptors (Lipinski definition) is 3. The van der Waals surface area contributed by atoms with Crippen LogP contribution in [0.1, 0.15) is 38.7 Å². The van der Waals surface area contributed by atoms with E-state index in [9.17, 15) is 0 Å². The van der Waals surface area contributed by atoms with Crippen molar-refractivity contribution in [1.82, 2.24) is 4.90 Å². The highest BCUT2D eigenvalue weighted by Gasteiger charge is 2.36. The second kappa shape index (κ2) is 6.25. The normalized spacial score (nSPS) is 26.8. The first-order valence-electron chi connectivity index (χ1n) is 7.05. The quantitative estimate of drug-likeness (QED) is 0.890.